The fourth-order valence-corrected chi connectivity index (χ4v) is 7.02. The number of aliphatic hydroxyl groups is 1. The minimum Gasteiger partial charge on any atom is -0.387 e. The van der Waals surface area contributed by atoms with Gasteiger partial charge in [0.25, 0.3) is 0 Å². The highest BCUT2D eigenvalue weighted by molar-refractivity contribution is 7.47. The van der Waals surface area contributed by atoms with Gasteiger partial charge in [0.2, 0.25) is 5.91 Å². The number of amides is 1. The zero-order chi connectivity index (χ0) is 39.6. The number of unbranched alkanes of at least 4 members (excludes halogenated alkanes) is 23. The van der Waals surface area contributed by atoms with E-state index >= 15 is 0 Å². The van der Waals surface area contributed by atoms with Gasteiger partial charge in [-0.3, -0.25) is 13.8 Å². The summed E-state index contributed by atoms with van der Waals surface area (Å²) >= 11 is 0. The van der Waals surface area contributed by atoms with E-state index in [4.69, 9.17) is 14.8 Å². The molecule has 1 amide bonds. The summed E-state index contributed by atoms with van der Waals surface area (Å²) < 4.78 is 22.1. The molecular formula is C45H85N2O6P. The number of carbonyl (C=O) groups excluding carboxylic acids is 1. The zero-order valence-corrected chi connectivity index (χ0v) is 35.8. The Morgan fingerprint density at radius 2 is 1.02 bits per heavy atom. The summed E-state index contributed by atoms with van der Waals surface area (Å²) in [5.74, 6) is -0.203. The molecule has 0 aliphatic carbocycles. The second kappa shape index (κ2) is 41.1. The predicted molar refractivity (Wildman–Crippen MR) is 231 cm³/mol. The van der Waals surface area contributed by atoms with Crippen molar-refractivity contribution in [2.45, 2.75) is 212 Å². The van der Waals surface area contributed by atoms with Crippen LogP contribution in [0.25, 0.3) is 0 Å². The van der Waals surface area contributed by atoms with Gasteiger partial charge in [-0.25, -0.2) is 4.57 Å². The Balaban J connectivity index is 4.15. The van der Waals surface area contributed by atoms with Gasteiger partial charge in [0, 0.05) is 13.0 Å². The van der Waals surface area contributed by atoms with Crippen molar-refractivity contribution in [1.29, 1.82) is 0 Å². The van der Waals surface area contributed by atoms with Gasteiger partial charge in [-0.05, 0) is 57.8 Å². The molecule has 0 aromatic heterocycles. The van der Waals surface area contributed by atoms with Crippen molar-refractivity contribution >= 4 is 13.7 Å². The van der Waals surface area contributed by atoms with Crippen LogP contribution in [0.5, 0.6) is 0 Å². The molecule has 5 N–H and O–H groups in total. The van der Waals surface area contributed by atoms with Crippen molar-refractivity contribution in [2.24, 2.45) is 5.73 Å². The Morgan fingerprint density at radius 3 is 1.48 bits per heavy atom. The average molecular weight is 781 g/mol. The molecule has 54 heavy (non-hydrogen) atoms. The standard InChI is InChI=1S/C45H85N2O6P/c1-3-5-7-9-11-13-15-17-18-19-20-21-22-23-24-25-26-27-29-31-33-35-37-39-45(49)47-43(42-53-54(50,51)52-41-40-46)44(48)38-36-34-32-30-28-16-14-12-10-8-6-4-2/h15,17,19-20,22-23,36,38,43-44,48H,3-14,16,18,21,24-35,37,39-42,46H2,1-2H3,(H,47,49)(H,50,51)/b17-15-,20-19-,23-22-,38-36+. The lowest BCUT2D eigenvalue weighted by molar-refractivity contribution is -0.123. The van der Waals surface area contributed by atoms with E-state index in [1.807, 2.05) is 6.08 Å². The van der Waals surface area contributed by atoms with Crippen molar-refractivity contribution < 1.29 is 28.4 Å². The smallest absolute Gasteiger partial charge is 0.387 e. The van der Waals surface area contributed by atoms with Crippen molar-refractivity contribution in [3.8, 4) is 0 Å². The summed E-state index contributed by atoms with van der Waals surface area (Å²) in [6, 6.07) is -0.864. The van der Waals surface area contributed by atoms with Crippen LogP contribution in [0.15, 0.2) is 48.6 Å². The lowest BCUT2D eigenvalue weighted by Gasteiger charge is -2.23. The Hall–Kier alpha value is -1.54. The number of hydrogen-bond acceptors (Lipinski definition) is 6. The summed E-state index contributed by atoms with van der Waals surface area (Å²) in [5, 5.41) is 13.6. The summed E-state index contributed by atoms with van der Waals surface area (Å²) in [5.41, 5.74) is 5.37. The minimum atomic E-state index is -4.34. The highest BCUT2D eigenvalue weighted by atomic mass is 31.2. The van der Waals surface area contributed by atoms with Crippen molar-refractivity contribution in [1.82, 2.24) is 5.32 Å². The molecular weight excluding hydrogens is 695 g/mol. The maximum Gasteiger partial charge on any atom is 0.472 e. The average Bonchev–Trinajstić information content (AvgIpc) is 3.16. The van der Waals surface area contributed by atoms with Crippen LogP contribution in [-0.4, -0.2) is 47.8 Å². The number of aliphatic hydroxyl groups excluding tert-OH is 1. The van der Waals surface area contributed by atoms with Gasteiger partial charge in [0.05, 0.1) is 25.4 Å². The van der Waals surface area contributed by atoms with Crippen LogP contribution in [-0.2, 0) is 18.4 Å². The van der Waals surface area contributed by atoms with Gasteiger partial charge in [-0.1, -0.05) is 184 Å². The van der Waals surface area contributed by atoms with Crippen LogP contribution in [0.1, 0.15) is 200 Å². The largest absolute Gasteiger partial charge is 0.472 e. The fraction of sp³-hybridized carbons (Fsp3) is 0.800. The lowest BCUT2D eigenvalue weighted by Crippen LogP contribution is -2.45. The second-order valence-electron chi connectivity index (χ2n) is 14.9. The van der Waals surface area contributed by atoms with Gasteiger partial charge in [0.1, 0.15) is 0 Å². The van der Waals surface area contributed by atoms with Crippen LogP contribution in [0.4, 0.5) is 0 Å². The summed E-state index contributed by atoms with van der Waals surface area (Å²) in [7, 11) is -4.34. The van der Waals surface area contributed by atoms with E-state index in [-0.39, 0.29) is 25.7 Å². The quantitative estimate of drug-likeness (QED) is 0.0276. The predicted octanol–water partition coefficient (Wildman–Crippen LogP) is 12.5. The molecule has 3 atom stereocenters. The lowest BCUT2D eigenvalue weighted by atomic mass is 10.0. The van der Waals surface area contributed by atoms with Crippen LogP contribution >= 0.6 is 7.82 Å². The molecule has 0 aromatic rings. The first-order valence-corrected chi connectivity index (χ1v) is 23.8. The molecule has 0 radical (unpaired) electrons. The molecule has 0 spiro atoms. The normalized spacial score (nSPS) is 14.5. The molecule has 0 saturated heterocycles. The molecule has 8 nitrogen and oxygen atoms in total. The van der Waals surface area contributed by atoms with Crippen molar-refractivity contribution in [3.63, 3.8) is 0 Å². The number of phosphoric ester groups is 1. The SMILES string of the molecule is CCCCCCC/C=C\C/C=C\C/C=C\CCCCCCCCCCC(=O)NC(COP(=O)(O)OCCN)C(O)/C=C/CCCCCCCCCCCC. The number of nitrogens with one attached hydrogen (secondary N) is 1. The molecule has 316 valence electrons. The molecule has 0 aromatic carbocycles. The molecule has 0 heterocycles. The molecule has 0 saturated carbocycles. The van der Waals surface area contributed by atoms with E-state index in [2.05, 4.69) is 55.6 Å². The van der Waals surface area contributed by atoms with E-state index in [9.17, 15) is 19.4 Å². The molecule has 0 bridgehead atoms. The zero-order valence-electron chi connectivity index (χ0n) is 35.0. The van der Waals surface area contributed by atoms with Gasteiger partial charge in [-0.2, -0.15) is 0 Å². The third kappa shape index (κ3) is 38.7. The first-order chi connectivity index (χ1) is 26.4. The first kappa shape index (κ1) is 52.5. The van der Waals surface area contributed by atoms with Crippen LogP contribution < -0.4 is 11.1 Å². The molecule has 9 heteroatoms. The van der Waals surface area contributed by atoms with E-state index in [1.165, 1.54) is 122 Å². The topological polar surface area (TPSA) is 131 Å². The Labute approximate surface area is 332 Å². The number of rotatable bonds is 41. The highest BCUT2D eigenvalue weighted by Crippen LogP contribution is 2.43. The molecule has 0 rings (SSSR count). The number of allylic oxidation sites excluding steroid dienone is 7. The maximum atomic E-state index is 12.8. The van der Waals surface area contributed by atoms with E-state index in [0.29, 0.717) is 6.42 Å². The van der Waals surface area contributed by atoms with E-state index < -0.39 is 20.0 Å². The summed E-state index contributed by atoms with van der Waals surface area (Å²) in [6.45, 7) is 4.10. The third-order valence-corrected chi connectivity index (χ3v) is 10.6. The van der Waals surface area contributed by atoms with E-state index in [1.54, 1.807) is 6.08 Å². The number of hydrogen-bond donors (Lipinski definition) is 4. The van der Waals surface area contributed by atoms with Gasteiger partial charge < -0.3 is 21.1 Å². The Morgan fingerprint density at radius 1 is 0.611 bits per heavy atom. The fourth-order valence-electron chi connectivity index (χ4n) is 6.26. The van der Waals surface area contributed by atoms with E-state index in [0.717, 1.165) is 57.8 Å². The molecule has 0 aliphatic rings. The Kier molecular flexibility index (Phi) is 39.9. The molecule has 3 unspecified atom stereocenters. The number of carbonyl (C=O) groups is 1. The monoisotopic (exact) mass is 781 g/mol. The Bertz CT molecular complexity index is 985. The van der Waals surface area contributed by atoms with Gasteiger partial charge in [0.15, 0.2) is 0 Å². The molecule has 0 fully saturated rings. The van der Waals surface area contributed by atoms with Crippen LogP contribution in [0.2, 0.25) is 0 Å². The van der Waals surface area contributed by atoms with Crippen molar-refractivity contribution in [3.05, 3.63) is 48.6 Å². The first-order valence-electron chi connectivity index (χ1n) is 22.3. The van der Waals surface area contributed by atoms with Gasteiger partial charge >= 0.3 is 7.82 Å². The van der Waals surface area contributed by atoms with Crippen LogP contribution in [0.3, 0.4) is 0 Å². The number of phosphoric acid groups is 1. The summed E-state index contributed by atoms with van der Waals surface area (Å²) in [6.07, 6.45) is 50.2. The number of nitrogens with two attached hydrogens (primary N) is 1. The maximum absolute atomic E-state index is 12.8. The minimum absolute atomic E-state index is 0.0757. The second-order valence-corrected chi connectivity index (χ2v) is 16.4. The highest BCUT2D eigenvalue weighted by Gasteiger charge is 2.26. The third-order valence-electron chi connectivity index (χ3n) is 9.65. The molecule has 0 aliphatic heterocycles. The summed E-state index contributed by atoms with van der Waals surface area (Å²) in [4.78, 5) is 22.7. The van der Waals surface area contributed by atoms with Crippen molar-refractivity contribution in [2.75, 3.05) is 19.8 Å². The van der Waals surface area contributed by atoms with Gasteiger partial charge in [-0.15, -0.1) is 0 Å². The van der Waals surface area contributed by atoms with Crippen LogP contribution in [0, 0.1) is 0 Å².